The van der Waals surface area contributed by atoms with Gasteiger partial charge < -0.3 is 19.6 Å². The second-order valence-corrected chi connectivity index (χ2v) is 5.72. The number of carboxylic acids is 1. The van der Waals surface area contributed by atoms with Gasteiger partial charge in [-0.3, -0.25) is 4.79 Å². The number of carboxylic acid groups (broad SMARTS) is 1. The highest BCUT2D eigenvalue weighted by molar-refractivity contribution is 5.94. The second-order valence-electron chi connectivity index (χ2n) is 5.72. The summed E-state index contributed by atoms with van der Waals surface area (Å²) in [6.45, 7) is 1.68. The van der Waals surface area contributed by atoms with Crippen molar-refractivity contribution in [3.05, 3.63) is 47.0 Å². The van der Waals surface area contributed by atoms with Crippen LogP contribution in [0, 0.1) is 6.92 Å². The predicted molar refractivity (Wildman–Crippen MR) is 84.1 cm³/mol. The molecule has 0 radical (unpaired) electrons. The minimum Gasteiger partial charge on any atom is -0.478 e. The Bertz CT molecular complexity index is 764. The Labute approximate surface area is 138 Å². The number of aromatic carboxylic acids is 1. The quantitative estimate of drug-likeness (QED) is 0.844. The van der Waals surface area contributed by atoms with Crippen molar-refractivity contribution in [2.45, 2.75) is 38.8 Å². The maximum Gasteiger partial charge on any atom is 0.339 e. The summed E-state index contributed by atoms with van der Waals surface area (Å²) in [7, 11) is 0. The molecule has 2 aromatic rings. The molecule has 2 N–H and O–H groups in total. The number of rotatable bonds is 6. The molecule has 1 amide bonds. The van der Waals surface area contributed by atoms with E-state index in [1.807, 2.05) is 0 Å². The standard InChI is InChI=1S/C17H18N2O5/c1-10-14(17(21)22)8-13(23-10)9-19-16(20)11-5-6-18-15(7-11)24-12-3-2-4-12/h5-8,12H,2-4,9H2,1H3,(H,19,20)(H,21,22). The van der Waals surface area contributed by atoms with Crippen LogP contribution in [-0.4, -0.2) is 28.1 Å². The van der Waals surface area contributed by atoms with Crippen molar-refractivity contribution in [2.24, 2.45) is 0 Å². The van der Waals surface area contributed by atoms with Gasteiger partial charge in [0.1, 0.15) is 23.2 Å². The largest absolute Gasteiger partial charge is 0.478 e. The van der Waals surface area contributed by atoms with Gasteiger partial charge in [-0.1, -0.05) is 0 Å². The highest BCUT2D eigenvalue weighted by atomic mass is 16.5. The minimum atomic E-state index is -1.05. The van der Waals surface area contributed by atoms with E-state index in [4.69, 9.17) is 14.3 Å². The molecule has 24 heavy (non-hydrogen) atoms. The summed E-state index contributed by atoms with van der Waals surface area (Å²) in [5.74, 6) is -0.220. The average Bonchev–Trinajstić information content (AvgIpc) is 2.90. The van der Waals surface area contributed by atoms with Crippen LogP contribution in [0.4, 0.5) is 0 Å². The molecule has 0 spiro atoms. The summed E-state index contributed by atoms with van der Waals surface area (Å²) in [6.07, 6.45) is 4.91. The highest BCUT2D eigenvalue weighted by Gasteiger charge is 2.20. The van der Waals surface area contributed by atoms with Gasteiger partial charge in [-0.15, -0.1) is 0 Å². The lowest BCUT2D eigenvalue weighted by atomic mass is 9.96. The summed E-state index contributed by atoms with van der Waals surface area (Å²) in [5, 5.41) is 11.7. The summed E-state index contributed by atoms with van der Waals surface area (Å²) in [4.78, 5) is 27.3. The Morgan fingerprint density at radius 1 is 1.42 bits per heavy atom. The normalized spacial score (nSPS) is 14.0. The van der Waals surface area contributed by atoms with E-state index in [0.29, 0.717) is 23.0 Å². The van der Waals surface area contributed by atoms with Gasteiger partial charge in [0.05, 0.1) is 6.54 Å². The van der Waals surface area contributed by atoms with Gasteiger partial charge >= 0.3 is 5.97 Å². The lowest BCUT2D eigenvalue weighted by Gasteiger charge is -2.25. The van der Waals surface area contributed by atoms with Gasteiger partial charge in [0.2, 0.25) is 5.88 Å². The van der Waals surface area contributed by atoms with Gasteiger partial charge in [0.15, 0.2) is 0 Å². The summed E-state index contributed by atoms with van der Waals surface area (Å²) in [6, 6.07) is 4.61. The SMILES string of the molecule is Cc1oc(CNC(=O)c2ccnc(OC3CCC3)c2)cc1C(=O)O. The van der Waals surface area contributed by atoms with Crippen molar-refractivity contribution in [1.82, 2.24) is 10.3 Å². The zero-order valence-electron chi connectivity index (χ0n) is 13.2. The van der Waals surface area contributed by atoms with Gasteiger partial charge in [-0.2, -0.15) is 0 Å². The maximum absolute atomic E-state index is 12.2. The number of pyridine rings is 1. The first kappa shape index (κ1) is 16.0. The number of aromatic nitrogens is 1. The monoisotopic (exact) mass is 330 g/mol. The van der Waals surface area contributed by atoms with Crippen molar-refractivity contribution >= 4 is 11.9 Å². The molecule has 1 saturated carbocycles. The molecule has 2 heterocycles. The molecule has 1 fully saturated rings. The third kappa shape index (κ3) is 3.56. The van der Waals surface area contributed by atoms with Crippen LogP contribution in [0.15, 0.2) is 28.8 Å². The van der Waals surface area contributed by atoms with E-state index in [1.54, 1.807) is 19.1 Å². The molecule has 7 heteroatoms. The molecule has 126 valence electrons. The van der Waals surface area contributed by atoms with Crippen LogP contribution < -0.4 is 10.1 Å². The molecular formula is C17H18N2O5. The van der Waals surface area contributed by atoms with Crippen molar-refractivity contribution in [1.29, 1.82) is 0 Å². The van der Waals surface area contributed by atoms with Crippen LogP contribution in [0.5, 0.6) is 5.88 Å². The van der Waals surface area contributed by atoms with E-state index >= 15 is 0 Å². The Kier molecular flexibility index (Phi) is 4.50. The van der Waals surface area contributed by atoms with Crippen LogP contribution >= 0.6 is 0 Å². The average molecular weight is 330 g/mol. The molecule has 0 aliphatic heterocycles. The zero-order valence-corrected chi connectivity index (χ0v) is 13.2. The smallest absolute Gasteiger partial charge is 0.339 e. The minimum absolute atomic E-state index is 0.0966. The first-order valence-corrected chi connectivity index (χ1v) is 7.76. The van der Waals surface area contributed by atoms with Crippen molar-refractivity contribution in [2.75, 3.05) is 0 Å². The summed E-state index contributed by atoms with van der Waals surface area (Å²) in [5.41, 5.74) is 0.528. The van der Waals surface area contributed by atoms with Crippen molar-refractivity contribution < 1.29 is 23.8 Å². The number of amides is 1. The number of hydrogen-bond acceptors (Lipinski definition) is 5. The van der Waals surface area contributed by atoms with E-state index in [-0.39, 0.29) is 24.1 Å². The Balaban J connectivity index is 1.61. The number of hydrogen-bond donors (Lipinski definition) is 2. The molecule has 0 atom stereocenters. The third-order valence-corrected chi connectivity index (χ3v) is 3.96. The highest BCUT2D eigenvalue weighted by Crippen LogP contribution is 2.24. The fraction of sp³-hybridized carbons (Fsp3) is 0.353. The molecular weight excluding hydrogens is 312 g/mol. The topological polar surface area (TPSA) is 102 Å². The van der Waals surface area contributed by atoms with Crippen LogP contribution in [0.25, 0.3) is 0 Å². The van der Waals surface area contributed by atoms with E-state index in [2.05, 4.69) is 10.3 Å². The Hall–Kier alpha value is -2.83. The molecule has 1 aliphatic carbocycles. The fourth-order valence-electron chi connectivity index (χ4n) is 2.39. The maximum atomic E-state index is 12.2. The predicted octanol–water partition coefficient (Wildman–Crippen LogP) is 2.54. The first-order chi connectivity index (χ1) is 11.5. The zero-order chi connectivity index (χ0) is 17.1. The van der Waals surface area contributed by atoms with Crippen LogP contribution in [-0.2, 0) is 6.54 Å². The molecule has 0 aromatic carbocycles. The molecule has 1 aliphatic rings. The number of nitrogens with zero attached hydrogens (tertiary/aromatic N) is 1. The number of ether oxygens (including phenoxy) is 1. The van der Waals surface area contributed by atoms with Crippen LogP contribution in [0.1, 0.15) is 51.5 Å². The molecule has 0 unspecified atom stereocenters. The van der Waals surface area contributed by atoms with Crippen LogP contribution in [0.3, 0.4) is 0 Å². The summed E-state index contributed by atoms with van der Waals surface area (Å²) >= 11 is 0. The second kappa shape index (κ2) is 6.74. The lowest BCUT2D eigenvalue weighted by Crippen LogP contribution is -2.26. The Morgan fingerprint density at radius 2 is 2.21 bits per heavy atom. The van der Waals surface area contributed by atoms with Gasteiger partial charge in [0, 0.05) is 17.8 Å². The molecule has 3 rings (SSSR count). The van der Waals surface area contributed by atoms with Crippen molar-refractivity contribution in [3.63, 3.8) is 0 Å². The van der Waals surface area contributed by atoms with Gasteiger partial charge in [0.25, 0.3) is 5.91 Å². The fourth-order valence-corrected chi connectivity index (χ4v) is 2.39. The molecule has 7 nitrogen and oxygen atoms in total. The van der Waals surface area contributed by atoms with Crippen LogP contribution in [0.2, 0.25) is 0 Å². The Morgan fingerprint density at radius 3 is 2.83 bits per heavy atom. The van der Waals surface area contributed by atoms with Gasteiger partial charge in [-0.25, -0.2) is 9.78 Å². The van der Waals surface area contributed by atoms with E-state index in [0.717, 1.165) is 19.3 Å². The van der Waals surface area contributed by atoms with E-state index < -0.39 is 5.97 Å². The number of nitrogens with one attached hydrogen (secondary N) is 1. The molecule has 0 saturated heterocycles. The third-order valence-electron chi connectivity index (χ3n) is 3.96. The summed E-state index contributed by atoms with van der Waals surface area (Å²) < 4.78 is 11.0. The molecule has 0 bridgehead atoms. The van der Waals surface area contributed by atoms with Crippen molar-refractivity contribution in [3.8, 4) is 5.88 Å². The number of furan rings is 1. The van der Waals surface area contributed by atoms with Gasteiger partial charge in [-0.05, 0) is 38.3 Å². The number of carbonyl (C=O) groups is 2. The first-order valence-electron chi connectivity index (χ1n) is 7.76. The van der Waals surface area contributed by atoms with E-state index in [9.17, 15) is 9.59 Å². The van der Waals surface area contributed by atoms with E-state index in [1.165, 1.54) is 12.3 Å². The number of carbonyl (C=O) groups excluding carboxylic acids is 1. The molecule has 2 aromatic heterocycles. The lowest BCUT2D eigenvalue weighted by molar-refractivity contribution is 0.0694. The number of aryl methyl sites for hydroxylation is 1.